The van der Waals surface area contributed by atoms with Crippen molar-refractivity contribution in [3.05, 3.63) is 0 Å². The Bertz CT molecular complexity index is 1820. The van der Waals surface area contributed by atoms with Gasteiger partial charge in [0, 0.05) is 25.7 Å². The van der Waals surface area contributed by atoms with Crippen molar-refractivity contribution in [2.24, 2.45) is 23.7 Å². The quantitative estimate of drug-likeness (QED) is 0.0222. The number of rotatable bonds is 70. The van der Waals surface area contributed by atoms with E-state index in [1.54, 1.807) is 0 Å². The van der Waals surface area contributed by atoms with Crippen LogP contribution in [0.25, 0.3) is 0 Å². The fourth-order valence-corrected chi connectivity index (χ4v) is 12.6. The number of carbonyl (C=O) groups excluding carboxylic acids is 4. The summed E-state index contributed by atoms with van der Waals surface area (Å²) in [7, 11) is -9.90. The molecule has 0 fully saturated rings. The maximum absolute atomic E-state index is 13.0. The monoisotopic (exact) mass is 1350 g/mol. The van der Waals surface area contributed by atoms with Crippen LogP contribution in [0.4, 0.5) is 0 Å². The van der Waals surface area contributed by atoms with E-state index in [1.807, 2.05) is 0 Å². The molecule has 0 aromatic rings. The van der Waals surface area contributed by atoms with Gasteiger partial charge in [-0.25, -0.2) is 9.13 Å². The van der Waals surface area contributed by atoms with E-state index in [2.05, 4.69) is 55.4 Å². The number of phosphoric acid groups is 2. The molecular weight excluding hydrogens is 1210 g/mol. The van der Waals surface area contributed by atoms with Gasteiger partial charge in [0.2, 0.25) is 0 Å². The van der Waals surface area contributed by atoms with Crippen LogP contribution in [0.5, 0.6) is 0 Å². The van der Waals surface area contributed by atoms with Gasteiger partial charge in [-0.05, 0) is 49.4 Å². The predicted octanol–water partition coefficient (Wildman–Crippen LogP) is 20.9. The van der Waals surface area contributed by atoms with E-state index in [1.165, 1.54) is 167 Å². The predicted molar refractivity (Wildman–Crippen MR) is 372 cm³/mol. The second-order valence-electron chi connectivity index (χ2n) is 28.2. The summed E-state index contributed by atoms with van der Waals surface area (Å²) in [6.07, 6.45) is 46.1. The first-order valence-electron chi connectivity index (χ1n) is 37.7. The summed E-state index contributed by atoms with van der Waals surface area (Å²) in [6.45, 7) is 14.1. The molecule has 19 heteroatoms. The lowest BCUT2D eigenvalue weighted by atomic mass is 10.0. The van der Waals surface area contributed by atoms with Crippen molar-refractivity contribution < 1.29 is 80.2 Å². The van der Waals surface area contributed by atoms with Gasteiger partial charge in [0.15, 0.2) is 12.2 Å². The molecule has 0 rings (SSSR count). The highest BCUT2D eigenvalue weighted by Crippen LogP contribution is 2.45. The SMILES string of the molecule is CC(C)CCCCCCCCCCCCCCCCCCC(=O)OC[C@H](COP(=O)(O)OCC(O)COP(=O)(O)OC[C@@H](COC(=O)CCCCCCCCCCC(C)C)OC(=O)CCCCCCCCCCCCC(C)C)OC(=O)CCCCCCCCC(C)C. The van der Waals surface area contributed by atoms with Crippen LogP contribution in [0, 0.1) is 23.7 Å². The molecule has 0 saturated heterocycles. The average Bonchev–Trinajstić information content (AvgIpc) is 1.42. The molecule has 3 N–H and O–H groups in total. The molecule has 0 heterocycles. The highest BCUT2D eigenvalue weighted by atomic mass is 31.2. The van der Waals surface area contributed by atoms with Crippen molar-refractivity contribution in [2.75, 3.05) is 39.6 Å². The summed E-state index contributed by atoms with van der Waals surface area (Å²) in [4.78, 5) is 72.6. The largest absolute Gasteiger partial charge is 0.472 e. The van der Waals surface area contributed by atoms with E-state index >= 15 is 0 Å². The summed E-state index contributed by atoms with van der Waals surface area (Å²) in [5, 5.41) is 10.6. The lowest BCUT2D eigenvalue weighted by Crippen LogP contribution is -2.30. The van der Waals surface area contributed by atoms with Gasteiger partial charge in [-0.2, -0.15) is 0 Å². The number of aliphatic hydroxyl groups excluding tert-OH is 1. The van der Waals surface area contributed by atoms with Gasteiger partial charge in [0.05, 0.1) is 26.4 Å². The van der Waals surface area contributed by atoms with Crippen molar-refractivity contribution in [3.8, 4) is 0 Å². The van der Waals surface area contributed by atoms with E-state index in [9.17, 15) is 43.2 Å². The molecule has 3 unspecified atom stereocenters. The third-order valence-corrected chi connectivity index (χ3v) is 18.7. The molecular formula is C73H142O17P2. The second kappa shape index (κ2) is 62.6. The Balaban J connectivity index is 5.16. The molecule has 5 atom stereocenters. The van der Waals surface area contributed by atoms with Crippen LogP contribution in [0.15, 0.2) is 0 Å². The lowest BCUT2D eigenvalue weighted by Gasteiger charge is -2.21. The van der Waals surface area contributed by atoms with Crippen LogP contribution in [0.3, 0.4) is 0 Å². The number of aliphatic hydroxyl groups is 1. The van der Waals surface area contributed by atoms with Crippen molar-refractivity contribution in [1.29, 1.82) is 0 Å². The van der Waals surface area contributed by atoms with Crippen LogP contribution in [-0.2, 0) is 65.4 Å². The third kappa shape index (κ3) is 66.7. The molecule has 0 saturated carbocycles. The highest BCUT2D eigenvalue weighted by molar-refractivity contribution is 7.47. The Morgan fingerprint density at radius 2 is 0.457 bits per heavy atom. The molecule has 0 aromatic heterocycles. The topological polar surface area (TPSA) is 237 Å². The smallest absolute Gasteiger partial charge is 0.462 e. The van der Waals surface area contributed by atoms with E-state index in [0.717, 1.165) is 108 Å². The number of carbonyl (C=O) groups is 4. The number of hydrogen-bond donors (Lipinski definition) is 3. The van der Waals surface area contributed by atoms with Gasteiger partial charge >= 0.3 is 39.5 Å². The average molecular weight is 1350 g/mol. The molecule has 0 aliphatic rings. The number of unbranched alkanes of at least 4 members (excludes halogenated alkanes) is 36. The Morgan fingerprint density at radius 3 is 0.674 bits per heavy atom. The summed E-state index contributed by atoms with van der Waals surface area (Å²) < 4.78 is 68.3. The molecule has 546 valence electrons. The Hall–Kier alpha value is -1.94. The molecule has 0 amide bonds. The Labute approximate surface area is 562 Å². The fourth-order valence-electron chi connectivity index (χ4n) is 11.0. The van der Waals surface area contributed by atoms with Gasteiger partial charge in [-0.1, -0.05) is 312 Å². The maximum atomic E-state index is 13.0. The minimum Gasteiger partial charge on any atom is -0.462 e. The van der Waals surface area contributed by atoms with Crippen molar-refractivity contribution in [1.82, 2.24) is 0 Å². The summed E-state index contributed by atoms with van der Waals surface area (Å²) in [6, 6.07) is 0. The zero-order chi connectivity index (χ0) is 68.2. The number of ether oxygens (including phenoxy) is 4. The van der Waals surface area contributed by atoms with Crippen LogP contribution < -0.4 is 0 Å². The van der Waals surface area contributed by atoms with E-state index in [0.29, 0.717) is 31.6 Å². The van der Waals surface area contributed by atoms with E-state index < -0.39 is 97.5 Å². The van der Waals surface area contributed by atoms with Gasteiger partial charge in [-0.15, -0.1) is 0 Å². The normalized spacial score (nSPS) is 14.2. The van der Waals surface area contributed by atoms with Crippen molar-refractivity contribution in [3.63, 3.8) is 0 Å². The molecule has 0 aliphatic carbocycles. The summed E-state index contributed by atoms with van der Waals surface area (Å²) in [5.41, 5.74) is 0. The van der Waals surface area contributed by atoms with Gasteiger partial charge in [0.25, 0.3) is 0 Å². The first-order chi connectivity index (χ1) is 44.1. The zero-order valence-electron chi connectivity index (χ0n) is 60.2. The fraction of sp³-hybridized carbons (Fsp3) is 0.945. The van der Waals surface area contributed by atoms with Crippen LogP contribution in [0.1, 0.15) is 364 Å². The first-order valence-corrected chi connectivity index (χ1v) is 40.7. The van der Waals surface area contributed by atoms with Crippen LogP contribution >= 0.6 is 15.6 Å². The highest BCUT2D eigenvalue weighted by Gasteiger charge is 2.30. The number of phosphoric ester groups is 2. The maximum Gasteiger partial charge on any atom is 0.472 e. The molecule has 0 spiro atoms. The Kier molecular flexibility index (Phi) is 61.3. The van der Waals surface area contributed by atoms with Crippen molar-refractivity contribution >= 4 is 39.5 Å². The minimum absolute atomic E-state index is 0.102. The van der Waals surface area contributed by atoms with Crippen LogP contribution in [-0.4, -0.2) is 96.7 Å². The molecule has 92 heavy (non-hydrogen) atoms. The van der Waals surface area contributed by atoms with Gasteiger partial charge in [-0.3, -0.25) is 37.3 Å². The zero-order valence-corrected chi connectivity index (χ0v) is 62.0. The van der Waals surface area contributed by atoms with E-state index in [4.69, 9.17) is 37.0 Å². The first kappa shape index (κ1) is 90.1. The lowest BCUT2D eigenvalue weighted by molar-refractivity contribution is -0.161. The standard InChI is InChI=1S/C73H142O17P2/c1-63(2)49-41-33-25-19-15-13-11-9-10-12-14-16-21-28-37-45-53-70(75)83-60-69(90-73(78)56-48-40-32-31-36-44-52-66(7)8)62-88-92(81,82)86-58-67(74)57-85-91(79,80)87-61-68(59-84-71(76)54-46-38-29-24-23-27-35-43-51-65(5)6)89-72(77)55-47-39-30-22-18-17-20-26-34-42-50-64(3)4/h63-69,74H,9-62H2,1-8H3,(H,79,80)(H,81,82)/t67?,68-,69-/m1/s1. The number of esters is 4. The van der Waals surface area contributed by atoms with Gasteiger partial charge < -0.3 is 33.8 Å². The summed E-state index contributed by atoms with van der Waals surface area (Å²) >= 11 is 0. The van der Waals surface area contributed by atoms with Crippen LogP contribution in [0.2, 0.25) is 0 Å². The Morgan fingerprint density at radius 1 is 0.272 bits per heavy atom. The number of hydrogen-bond acceptors (Lipinski definition) is 15. The third-order valence-electron chi connectivity index (χ3n) is 16.8. The molecule has 0 bridgehead atoms. The van der Waals surface area contributed by atoms with E-state index in [-0.39, 0.29) is 25.7 Å². The molecule has 0 aliphatic heterocycles. The molecule has 0 radical (unpaired) electrons. The van der Waals surface area contributed by atoms with Gasteiger partial charge in [0.1, 0.15) is 19.3 Å². The molecule has 17 nitrogen and oxygen atoms in total. The second-order valence-corrected chi connectivity index (χ2v) is 31.1. The summed E-state index contributed by atoms with van der Waals surface area (Å²) in [5.74, 6) is 0.830. The molecule has 0 aromatic carbocycles. The minimum atomic E-state index is -4.95. The van der Waals surface area contributed by atoms with Crippen molar-refractivity contribution in [2.45, 2.75) is 382 Å².